The summed E-state index contributed by atoms with van der Waals surface area (Å²) in [5.41, 5.74) is 6.28. The van der Waals surface area contributed by atoms with Gasteiger partial charge < -0.3 is 10.8 Å². The van der Waals surface area contributed by atoms with Crippen LogP contribution in [0.2, 0.25) is 0 Å². The van der Waals surface area contributed by atoms with Gasteiger partial charge >= 0.3 is 0 Å². The fourth-order valence-electron chi connectivity index (χ4n) is 2.13. The van der Waals surface area contributed by atoms with Gasteiger partial charge in [0.05, 0.1) is 12.2 Å². The quantitative estimate of drug-likeness (QED) is 0.802. The van der Waals surface area contributed by atoms with Crippen molar-refractivity contribution in [3.05, 3.63) is 35.1 Å². The second kappa shape index (κ2) is 3.85. The molecule has 4 heteroatoms. The van der Waals surface area contributed by atoms with E-state index in [0.29, 0.717) is 6.54 Å². The van der Waals surface area contributed by atoms with Crippen LogP contribution in [0, 0.1) is 22.6 Å². The van der Waals surface area contributed by atoms with Gasteiger partial charge in [0.2, 0.25) is 0 Å². The van der Waals surface area contributed by atoms with Crippen molar-refractivity contribution in [2.75, 3.05) is 13.2 Å². The lowest BCUT2D eigenvalue weighted by molar-refractivity contribution is 0.211. The minimum absolute atomic E-state index is 0.0351. The molecule has 84 valence electrons. The van der Waals surface area contributed by atoms with Crippen LogP contribution in [0.25, 0.3) is 0 Å². The van der Waals surface area contributed by atoms with Crippen LogP contribution < -0.4 is 5.73 Å². The molecule has 2 unspecified atom stereocenters. The highest BCUT2D eigenvalue weighted by Crippen LogP contribution is 2.58. The van der Waals surface area contributed by atoms with Gasteiger partial charge in [0.1, 0.15) is 11.9 Å². The Morgan fingerprint density at radius 2 is 2.38 bits per heavy atom. The molecule has 0 aromatic heterocycles. The number of benzene rings is 1. The predicted molar refractivity (Wildman–Crippen MR) is 57.0 cm³/mol. The molecular weight excluding hydrogens is 207 g/mol. The number of nitrogens with zero attached hydrogens (tertiary/aromatic N) is 1. The number of rotatable bonds is 3. The Bertz CT molecular complexity index is 449. The Labute approximate surface area is 93.3 Å². The van der Waals surface area contributed by atoms with Gasteiger partial charge in [-0.05, 0) is 30.0 Å². The molecular formula is C12H13FN2O. The lowest BCUT2D eigenvalue weighted by Crippen LogP contribution is -2.21. The zero-order valence-corrected chi connectivity index (χ0v) is 8.78. The maximum atomic E-state index is 13.1. The molecule has 0 saturated heterocycles. The fourth-order valence-corrected chi connectivity index (χ4v) is 2.13. The summed E-state index contributed by atoms with van der Waals surface area (Å²) in [7, 11) is 0. The third-order valence-electron chi connectivity index (χ3n) is 3.42. The smallest absolute Gasteiger partial charge is 0.140 e. The van der Waals surface area contributed by atoms with Crippen molar-refractivity contribution in [1.82, 2.24) is 0 Å². The highest BCUT2D eigenvalue weighted by atomic mass is 19.1. The highest BCUT2D eigenvalue weighted by Gasteiger charge is 2.53. The molecule has 16 heavy (non-hydrogen) atoms. The summed E-state index contributed by atoms with van der Waals surface area (Å²) in [5, 5.41) is 18.0. The van der Waals surface area contributed by atoms with E-state index in [9.17, 15) is 9.50 Å². The zero-order chi connectivity index (χ0) is 11.8. The van der Waals surface area contributed by atoms with Gasteiger partial charge in [-0.15, -0.1) is 0 Å². The third kappa shape index (κ3) is 1.58. The normalized spacial score (nSPS) is 27.5. The Morgan fingerprint density at radius 3 is 2.88 bits per heavy atom. The van der Waals surface area contributed by atoms with Crippen LogP contribution >= 0.6 is 0 Å². The van der Waals surface area contributed by atoms with Crippen molar-refractivity contribution < 1.29 is 9.50 Å². The highest BCUT2D eigenvalue weighted by molar-refractivity contribution is 5.39. The van der Waals surface area contributed by atoms with Gasteiger partial charge in [-0.2, -0.15) is 5.26 Å². The molecule has 3 N–H and O–H groups in total. The molecule has 1 fully saturated rings. The molecule has 1 aromatic rings. The standard InChI is InChI=1S/C12H13FN2O/c13-11-2-1-8(3-9(11)5-14)10-4-12(10,6-15)7-16/h1-3,10,16H,4,6-7,15H2. The summed E-state index contributed by atoms with van der Waals surface area (Å²) in [6, 6.07) is 6.32. The first-order chi connectivity index (χ1) is 7.66. The maximum absolute atomic E-state index is 13.1. The second-order valence-electron chi connectivity index (χ2n) is 4.33. The molecule has 1 saturated carbocycles. The molecule has 0 spiro atoms. The zero-order valence-electron chi connectivity index (χ0n) is 8.78. The van der Waals surface area contributed by atoms with Crippen molar-refractivity contribution in [2.45, 2.75) is 12.3 Å². The van der Waals surface area contributed by atoms with Crippen molar-refractivity contribution >= 4 is 0 Å². The largest absolute Gasteiger partial charge is 0.396 e. The number of hydrogen-bond donors (Lipinski definition) is 2. The topological polar surface area (TPSA) is 70.0 Å². The molecule has 1 aliphatic carbocycles. The van der Waals surface area contributed by atoms with Gasteiger partial charge in [-0.1, -0.05) is 6.07 Å². The molecule has 1 aliphatic rings. The number of aliphatic hydroxyl groups is 1. The molecule has 0 heterocycles. The molecule has 0 radical (unpaired) electrons. The predicted octanol–water partition coefficient (Wildman–Crippen LogP) is 1.12. The van der Waals surface area contributed by atoms with Crippen molar-refractivity contribution in [3.63, 3.8) is 0 Å². The Balaban J connectivity index is 2.28. The van der Waals surface area contributed by atoms with Crippen LogP contribution in [0.4, 0.5) is 4.39 Å². The molecule has 0 aliphatic heterocycles. The number of nitrogens with two attached hydrogens (primary N) is 1. The number of hydrogen-bond acceptors (Lipinski definition) is 3. The molecule has 2 atom stereocenters. The fraction of sp³-hybridized carbons (Fsp3) is 0.417. The minimum Gasteiger partial charge on any atom is -0.396 e. The number of aliphatic hydroxyl groups excluding tert-OH is 1. The lowest BCUT2D eigenvalue weighted by Gasteiger charge is -2.11. The average molecular weight is 220 g/mol. The van der Waals surface area contributed by atoms with E-state index in [0.717, 1.165) is 12.0 Å². The first kappa shape index (κ1) is 11.1. The summed E-state index contributed by atoms with van der Waals surface area (Å²) in [5.74, 6) is -0.357. The monoisotopic (exact) mass is 220 g/mol. The van der Waals surface area contributed by atoms with Crippen molar-refractivity contribution in [2.24, 2.45) is 11.1 Å². The Kier molecular flexibility index (Phi) is 2.66. The molecule has 3 nitrogen and oxygen atoms in total. The SMILES string of the molecule is N#Cc1cc(C2CC2(CN)CO)ccc1F. The number of nitriles is 1. The van der Waals surface area contributed by atoms with E-state index in [4.69, 9.17) is 11.0 Å². The summed E-state index contributed by atoms with van der Waals surface area (Å²) in [4.78, 5) is 0. The van der Waals surface area contributed by atoms with Crippen LogP contribution in [0.15, 0.2) is 18.2 Å². The van der Waals surface area contributed by atoms with E-state index in [1.165, 1.54) is 6.07 Å². The van der Waals surface area contributed by atoms with Gasteiger partial charge in [0, 0.05) is 12.0 Å². The second-order valence-corrected chi connectivity index (χ2v) is 4.33. The van der Waals surface area contributed by atoms with E-state index in [2.05, 4.69) is 0 Å². The first-order valence-corrected chi connectivity index (χ1v) is 5.17. The summed E-state index contributed by atoms with van der Waals surface area (Å²) in [6.07, 6.45) is 0.802. The van der Waals surface area contributed by atoms with E-state index in [-0.39, 0.29) is 23.5 Å². The number of halogens is 1. The van der Waals surface area contributed by atoms with Crippen molar-refractivity contribution in [3.8, 4) is 6.07 Å². The van der Waals surface area contributed by atoms with Crippen molar-refractivity contribution in [1.29, 1.82) is 5.26 Å². The maximum Gasteiger partial charge on any atom is 0.140 e. The van der Waals surface area contributed by atoms with Gasteiger partial charge in [-0.3, -0.25) is 0 Å². The summed E-state index contributed by atoms with van der Waals surface area (Å²) < 4.78 is 13.1. The van der Waals surface area contributed by atoms with Crippen LogP contribution in [0.3, 0.4) is 0 Å². The van der Waals surface area contributed by atoms with E-state index < -0.39 is 5.82 Å². The minimum atomic E-state index is -0.505. The van der Waals surface area contributed by atoms with E-state index >= 15 is 0 Å². The van der Waals surface area contributed by atoms with E-state index in [1.54, 1.807) is 12.1 Å². The van der Waals surface area contributed by atoms with Crippen LogP contribution in [-0.2, 0) is 0 Å². The van der Waals surface area contributed by atoms with Gasteiger partial charge in [0.15, 0.2) is 0 Å². The molecule has 0 bridgehead atoms. The molecule has 1 aromatic carbocycles. The van der Waals surface area contributed by atoms with Crippen LogP contribution in [-0.4, -0.2) is 18.3 Å². The van der Waals surface area contributed by atoms with Crippen LogP contribution in [0.5, 0.6) is 0 Å². The third-order valence-corrected chi connectivity index (χ3v) is 3.42. The summed E-state index contributed by atoms with van der Waals surface area (Å²) in [6.45, 7) is 0.445. The van der Waals surface area contributed by atoms with Gasteiger partial charge in [-0.25, -0.2) is 4.39 Å². The first-order valence-electron chi connectivity index (χ1n) is 5.17. The Hall–Kier alpha value is -1.44. The van der Waals surface area contributed by atoms with Crippen LogP contribution in [0.1, 0.15) is 23.5 Å². The van der Waals surface area contributed by atoms with Gasteiger partial charge in [0.25, 0.3) is 0 Å². The Morgan fingerprint density at radius 1 is 1.62 bits per heavy atom. The summed E-state index contributed by atoms with van der Waals surface area (Å²) >= 11 is 0. The molecule has 2 rings (SSSR count). The average Bonchev–Trinajstić information content (AvgIpc) is 3.05. The van der Waals surface area contributed by atoms with E-state index in [1.807, 2.05) is 6.07 Å². The molecule has 0 amide bonds. The lowest BCUT2D eigenvalue weighted by atomic mass is 9.99.